The van der Waals surface area contributed by atoms with Gasteiger partial charge in [0.1, 0.15) is 6.04 Å². The predicted octanol–water partition coefficient (Wildman–Crippen LogP) is 4.01. The second-order valence-electron chi connectivity index (χ2n) is 6.52. The first-order valence-corrected chi connectivity index (χ1v) is 11.3. The Morgan fingerprint density at radius 1 is 1.33 bits per heavy atom. The van der Waals surface area contributed by atoms with E-state index in [-0.39, 0.29) is 6.61 Å². The third-order valence-electron chi connectivity index (χ3n) is 4.30. The van der Waals surface area contributed by atoms with E-state index in [1.807, 2.05) is 11.1 Å². The van der Waals surface area contributed by atoms with Gasteiger partial charge >= 0.3 is 6.09 Å². The van der Waals surface area contributed by atoms with Crippen LogP contribution in [0.4, 0.5) is 16.2 Å². The van der Waals surface area contributed by atoms with E-state index < -0.39 is 18.0 Å². The van der Waals surface area contributed by atoms with Gasteiger partial charge in [0.2, 0.25) is 5.91 Å². The zero-order valence-corrected chi connectivity index (χ0v) is 19.4. The van der Waals surface area contributed by atoms with Crippen molar-refractivity contribution in [3.8, 4) is 5.06 Å². The Labute approximate surface area is 192 Å². The molecule has 0 radical (unpaired) electrons. The second kappa shape index (κ2) is 11.0. The molecule has 0 saturated carbocycles. The molecule has 1 atom stereocenters. The number of hydrazine groups is 1. The van der Waals surface area contributed by atoms with E-state index >= 15 is 0 Å². The predicted molar refractivity (Wildman–Crippen MR) is 122 cm³/mol. The molecule has 1 aliphatic heterocycles. The minimum Gasteiger partial charge on any atom is -0.399 e. The van der Waals surface area contributed by atoms with Crippen molar-refractivity contribution in [3.63, 3.8) is 0 Å². The van der Waals surface area contributed by atoms with Crippen LogP contribution in [0.15, 0.2) is 34.1 Å². The van der Waals surface area contributed by atoms with Crippen LogP contribution in [0, 0.1) is 0 Å². The molecule has 11 heteroatoms. The first-order chi connectivity index (χ1) is 14.5. The molecule has 1 fully saturated rings. The molecule has 2 amide bonds. The minimum atomic E-state index is -0.937. The van der Waals surface area contributed by atoms with Crippen LogP contribution in [0.3, 0.4) is 0 Å². The molecule has 8 nitrogen and oxygen atoms in total. The fourth-order valence-electron chi connectivity index (χ4n) is 2.89. The number of nitrogens with one attached hydrogen (secondary N) is 3. The first kappa shape index (κ1) is 22.8. The average Bonchev–Trinajstić information content (AvgIpc) is 3.13. The van der Waals surface area contributed by atoms with Crippen LogP contribution in [0.1, 0.15) is 12.8 Å². The lowest BCUT2D eigenvalue weighted by Gasteiger charge is -2.30. The standard InChI is InChI=1S/C19H22BrClN4O4S/c1-28-11-14(24-19(27)29-17-7-6-16(20)30-17)18(26)23-12-4-5-15(13(21)10-12)25-9-3-2-8-22-25/h4-7,10,14,22H,2-3,8-9,11H2,1H3,(H,23,26)(H,24,27)/t14-/m1/s1. The van der Waals surface area contributed by atoms with E-state index in [1.54, 1.807) is 24.3 Å². The zero-order chi connectivity index (χ0) is 21.5. The fraction of sp³-hybridized carbons (Fsp3) is 0.368. The number of benzene rings is 1. The van der Waals surface area contributed by atoms with E-state index in [0.29, 0.717) is 15.8 Å². The topological polar surface area (TPSA) is 91.9 Å². The Kier molecular flexibility index (Phi) is 8.34. The summed E-state index contributed by atoms with van der Waals surface area (Å²) in [7, 11) is 1.45. The Morgan fingerprint density at radius 2 is 2.17 bits per heavy atom. The average molecular weight is 518 g/mol. The third kappa shape index (κ3) is 6.32. The van der Waals surface area contributed by atoms with Crippen LogP contribution in [0.25, 0.3) is 0 Å². The number of methoxy groups -OCH3 is 1. The quantitative estimate of drug-likeness (QED) is 0.514. The number of hydrogen-bond donors (Lipinski definition) is 3. The van der Waals surface area contributed by atoms with Crippen LogP contribution in [0.2, 0.25) is 5.02 Å². The summed E-state index contributed by atoms with van der Waals surface area (Å²) in [5.41, 5.74) is 4.67. The summed E-state index contributed by atoms with van der Waals surface area (Å²) in [5, 5.41) is 8.20. The maximum absolute atomic E-state index is 12.7. The molecule has 162 valence electrons. The van der Waals surface area contributed by atoms with Gasteiger partial charge in [0.25, 0.3) is 0 Å². The van der Waals surface area contributed by atoms with Crippen molar-refractivity contribution >= 4 is 62.2 Å². The van der Waals surface area contributed by atoms with Gasteiger partial charge in [-0.3, -0.25) is 4.79 Å². The highest BCUT2D eigenvalue weighted by molar-refractivity contribution is 9.11. The Bertz CT molecular complexity index is 891. The van der Waals surface area contributed by atoms with Crippen LogP contribution in [-0.4, -0.2) is 44.8 Å². The van der Waals surface area contributed by atoms with E-state index in [0.717, 1.165) is 35.4 Å². The number of nitrogens with zero attached hydrogens (tertiary/aromatic N) is 1. The molecule has 0 bridgehead atoms. The van der Waals surface area contributed by atoms with Crippen LogP contribution in [0.5, 0.6) is 5.06 Å². The highest BCUT2D eigenvalue weighted by atomic mass is 79.9. The SMILES string of the molecule is COC[C@@H](NC(=O)Oc1ccc(Br)s1)C(=O)Nc1ccc(N2CCCCN2)c(Cl)c1. The number of ether oxygens (including phenoxy) is 2. The number of amides is 2. The van der Waals surface area contributed by atoms with Crippen LogP contribution < -0.4 is 25.8 Å². The number of carbonyl (C=O) groups is 2. The molecule has 2 heterocycles. The highest BCUT2D eigenvalue weighted by Crippen LogP contribution is 2.30. The molecule has 1 aromatic carbocycles. The van der Waals surface area contributed by atoms with Crippen molar-refractivity contribution in [2.75, 3.05) is 37.1 Å². The summed E-state index contributed by atoms with van der Waals surface area (Å²) in [6.07, 6.45) is 1.47. The molecule has 2 aromatic rings. The lowest BCUT2D eigenvalue weighted by molar-refractivity contribution is -0.119. The summed E-state index contributed by atoms with van der Waals surface area (Å²) in [5.74, 6) is -0.443. The molecule has 0 spiro atoms. The summed E-state index contributed by atoms with van der Waals surface area (Å²) in [4.78, 5) is 24.8. The number of thiophene rings is 1. The van der Waals surface area contributed by atoms with Gasteiger partial charge in [0.15, 0.2) is 5.06 Å². The van der Waals surface area contributed by atoms with Crippen molar-refractivity contribution < 1.29 is 19.1 Å². The smallest absolute Gasteiger partial charge is 0.399 e. The molecular weight excluding hydrogens is 496 g/mol. The van der Waals surface area contributed by atoms with E-state index in [9.17, 15) is 9.59 Å². The maximum Gasteiger partial charge on any atom is 0.414 e. The highest BCUT2D eigenvalue weighted by Gasteiger charge is 2.23. The van der Waals surface area contributed by atoms with Gasteiger partial charge < -0.3 is 25.1 Å². The van der Waals surface area contributed by atoms with Gasteiger partial charge in [-0.2, -0.15) is 0 Å². The number of halogens is 2. The molecular formula is C19H22BrClN4O4S. The van der Waals surface area contributed by atoms with E-state index in [1.165, 1.54) is 18.4 Å². The molecule has 1 saturated heterocycles. The molecule has 30 heavy (non-hydrogen) atoms. The number of rotatable bonds is 7. The largest absolute Gasteiger partial charge is 0.414 e. The summed E-state index contributed by atoms with van der Waals surface area (Å²) in [6.45, 7) is 1.75. The van der Waals surface area contributed by atoms with Gasteiger partial charge in [-0.1, -0.05) is 22.9 Å². The van der Waals surface area contributed by atoms with Crippen molar-refractivity contribution in [1.82, 2.24) is 10.7 Å². The fourth-order valence-corrected chi connectivity index (χ4v) is 4.37. The van der Waals surface area contributed by atoms with Gasteiger partial charge in [0, 0.05) is 25.9 Å². The molecule has 3 rings (SSSR count). The van der Waals surface area contributed by atoms with Gasteiger partial charge in [-0.25, -0.2) is 10.2 Å². The van der Waals surface area contributed by atoms with Crippen LogP contribution >= 0.6 is 38.9 Å². The lowest BCUT2D eigenvalue weighted by atomic mass is 10.2. The van der Waals surface area contributed by atoms with Gasteiger partial charge in [0.05, 0.1) is 21.1 Å². The Balaban J connectivity index is 1.61. The maximum atomic E-state index is 12.7. The van der Waals surface area contributed by atoms with E-state index in [2.05, 4.69) is 32.0 Å². The number of anilines is 2. The molecule has 0 aliphatic carbocycles. The number of hydrogen-bond acceptors (Lipinski definition) is 7. The molecule has 3 N–H and O–H groups in total. The minimum absolute atomic E-state index is 0.0153. The van der Waals surface area contributed by atoms with Crippen molar-refractivity contribution in [1.29, 1.82) is 0 Å². The summed E-state index contributed by atoms with van der Waals surface area (Å²) in [6, 6.07) is 7.77. The lowest BCUT2D eigenvalue weighted by Crippen LogP contribution is -2.47. The third-order valence-corrected chi connectivity index (χ3v) is 6.11. The van der Waals surface area contributed by atoms with Crippen LogP contribution in [-0.2, 0) is 9.53 Å². The van der Waals surface area contributed by atoms with Crippen molar-refractivity contribution in [2.45, 2.75) is 18.9 Å². The van der Waals surface area contributed by atoms with E-state index in [4.69, 9.17) is 21.1 Å². The number of carbonyl (C=O) groups excluding carboxylic acids is 2. The van der Waals surface area contributed by atoms with Gasteiger partial charge in [-0.05, 0) is 59.1 Å². The Hall–Kier alpha value is -1.85. The monoisotopic (exact) mass is 516 g/mol. The second-order valence-corrected chi connectivity index (χ2v) is 9.36. The zero-order valence-electron chi connectivity index (χ0n) is 16.2. The summed E-state index contributed by atoms with van der Waals surface area (Å²) < 4.78 is 11.1. The normalized spacial score (nSPS) is 14.8. The molecule has 0 unspecified atom stereocenters. The van der Waals surface area contributed by atoms with Crippen molar-refractivity contribution in [2.24, 2.45) is 0 Å². The molecule has 1 aromatic heterocycles. The molecule has 1 aliphatic rings. The first-order valence-electron chi connectivity index (χ1n) is 9.30. The van der Waals surface area contributed by atoms with Gasteiger partial charge in [-0.15, -0.1) is 0 Å². The Morgan fingerprint density at radius 3 is 2.80 bits per heavy atom. The summed E-state index contributed by atoms with van der Waals surface area (Å²) >= 11 is 11.0. The van der Waals surface area contributed by atoms with Crippen molar-refractivity contribution in [3.05, 3.63) is 39.1 Å².